The second-order valence-corrected chi connectivity index (χ2v) is 7.75. The van der Waals surface area contributed by atoms with E-state index in [0.717, 1.165) is 71.3 Å². The molecule has 0 N–H and O–H groups in total. The number of aromatic nitrogens is 2. The van der Waals surface area contributed by atoms with Gasteiger partial charge in [0.1, 0.15) is 0 Å². The third-order valence-electron chi connectivity index (χ3n) is 5.92. The molecule has 0 aliphatic carbocycles. The fourth-order valence-corrected chi connectivity index (χ4v) is 4.01. The van der Waals surface area contributed by atoms with Gasteiger partial charge in [0.15, 0.2) is 11.5 Å². The number of benzene rings is 1. The van der Waals surface area contributed by atoms with Crippen LogP contribution in [-0.2, 0) is 6.54 Å². The van der Waals surface area contributed by atoms with Crippen LogP contribution >= 0.6 is 0 Å². The van der Waals surface area contributed by atoms with Crippen molar-refractivity contribution in [3.05, 3.63) is 53.7 Å². The van der Waals surface area contributed by atoms with Gasteiger partial charge in [0.2, 0.25) is 0 Å². The topological polar surface area (TPSA) is 55.8 Å². The molecule has 2 saturated heterocycles. The fourth-order valence-electron chi connectivity index (χ4n) is 4.01. The third-order valence-corrected chi connectivity index (χ3v) is 5.92. The van der Waals surface area contributed by atoms with Crippen LogP contribution in [0.3, 0.4) is 0 Å². The summed E-state index contributed by atoms with van der Waals surface area (Å²) in [7, 11) is 0. The van der Waals surface area contributed by atoms with Gasteiger partial charge in [-0.1, -0.05) is 37.3 Å². The SMILES string of the molecule is CCN1CCN(c2ccc(C(=O)N3CCN(Cc4ccccc4)CC3)nn2)CC1. The Morgan fingerprint density at radius 3 is 2.14 bits per heavy atom. The van der Waals surface area contributed by atoms with Crippen LogP contribution in [-0.4, -0.2) is 89.7 Å². The highest BCUT2D eigenvalue weighted by Gasteiger charge is 2.24. The van der Waals surface area contributed by atoms with Crippen LogP contribution in [0.25, 0.3) is 0 Å². The van der Waals surface area contributed by atoms with Crippen LogP contribution in [0.5, 0.6) is 0 Å². The molecular weight excluding hydrogens is 364 g/mol. The van der Waals surface area contributed by atoms with Crippen molar-refractivity contribution in [2.24, 2.45) is 0 Å². The molecule has 7 heteroatoms. The first kappa shape index (κ1) is 19.8. The van der Waals surface area contributed by atoms with E-state index in [4.69, 9.17) is 0 Å². The van der Waals surface area contributed by atoms with E-state index in [2.05, 4.69) is 56.1 Å². The maximum Gasteiger partial charge on any atom is 0.274 e. The molecular formula is C22H30N6O. The summed E-state index contributed by atoms with van der Waals surface area (Å²) < 4.78 is 0. The molecule has 2 fully saturated rings. The number of anilines is 1. The van der Waals surface area contributed by atoms with Crippen LogP contribution in [0, 0.1) is 0 Å². The Bertz CT molecular complexity index is 781. The second kappa shape index (κ2) is 9.33. The Morgan fingerprint density at radius 1 is 0.828 bits per heavy atom. The molecule has 29 heavy (non-hydrogen) atoms. The lowest BCUT2D eigenvalue weighted by Crippen LogP contribution is -2.48. The molecule has 1 aromatic heterocycles. The molecule has 154 valence electrons. The average molecular weight is 395 g/mol. The molecule has 1 amide bonds. The molecule has 2 aromatic rings. The number of amides is 1. The predicted octanol–water partition coefficient (Wildman–Crippen LogP) is 1.58. The molecule has 7 nitrogen and oxygen atoms in total. The summed E-state index contributed by atoms with van der Waals surface area (Å²) in [5.74, 6) is 0.851. The highest BCUT2D eigenvalue weighted by molar-refractivity contribution is 5.92. The number of likely N-dealkylation sites (N-methyl/N-ethyl adjacent to an activating group) is 1. The quantitative estimate of drug-likeness (QED) is 0.768. The molecule has 4 rings (SSSR count). The van der Waals surface area contributed by atoms with Gasteiger partial charge in [0, 0.05) is 58.9 Å². The summed E-state index contributed by atoms with van der Waals surface area (Å²) in [6.07, 6.45) is 0. The summed E-state index contributed by atoms with van der Waals surface area (Å²) in [6, 6.07) is 14.2. The highest BCUT2D eigenvalue weighted by atomic mass is 16.2. The Balaban J connectivity index is 1.29. The molecule has 0 atom stereocenters. The van der Waals surface area contributed by atoms with E-state index in [0.29, 0.717) is 5.69 Å². The number of piperazine rings is 2. The van der Waals surface area contributed by atoms with Gasteiger partial charge < -0.3 is 14.7 Å². The minimum Gasteiger partial charge on any atom is -0.353 e. The van der Waals surface area contributed by atoms with Crippen molar-refractivity contribution in [2.75, 3.05) is 63.8 Å². The van der Waals surface area contributed by atoms with Crippen molar-refractivity contribution in [1.82, 2.24) is 24.9 Å². The van der Waals surface area contributed by atoms with Gasteiger partial charge in [-0.15, -0.1) is 10.2 Å². The highest BCUT2D eigenvalue weighted by Crippen LogP contribution is 2.15. The standard InChI is InChI=1S/C22H30N6O/c1-2-25-10-14-27(15-11-25)21-9-8-20(23-24-21)22(29)28-16-12-26(13-17-28)18-19-6-4-3-5-7-19/h3-9H,2,10-18H2,1H3. The molecule has 0 radical (unpaired) electrons. The molecule has 2 aliphatic heterocycles. The van der Waals surface area contributed by atoms with E-state index in [1.807, 2.05) is 23.1 Å². The first-order valence-electron chi connectivity index (χ1n) is 10.6. The summed E-state index contributed by atoms with van der Waals surface area (Å²) in [4.78, 5) is 21.8. The summed E-state index contributed by atoms with van der Waals surface area (Å²) >= 11 is 0. The fraction of sp³-hybridized carbons (Fsp3) is 0.500. The normalized spacial score (nSPS) is 18.8. The van der Waals surface area contributed by atoms with Crippen molar-refractivity contribution in [2.45, 2.75) is 13.5 Å². The summed E-state index contributed by atoms with van der Waals surface area (Å²) in [6.45, 7) is 11.5. The van der Waals surface area contributed by atoms with E-state index in [9.17, 15) is 4.79 Å². The van der Waals surface area contributed by atoms with Crippen molar-refractivity contribution in [1.29, 1.82) is 0 Å². The van der Waals surface area contributed by atoms with Gasteiger partial charge in [-0.05, 0) is 24.2 Å². The first-order chi connectivity index (χ1) is 14.2. The molecule has 2 aliphatic rings. The van der Waals surface area contributed by atoms with E-state index in [-0.39, 0.29) is 5.91 Å². The van der Waals surface area contributed by atoms with Gasteiger partial charge in [-0.25, -0.2) is 0 Å². The molecule has 0 spiro atoms. The van der Waals surface area contributed by atoms with Crippen LogP contribution in [0.4, 0.5) is 5.82 Å². The van der Waals surface area contributed by atoms with Gasteiger partial charge in [0.05, 0.1) is 0 Å². The summed E-state index contributed by atoms with van der Waals surface area (Å²) in [5, 5.41) is 8.58. The number of rotatable bonds is 5. The van der Waals surface area contributed by atoms with Gasteiger partial charge >= 0.3 is 0 Å². The lowest BCUT2D eigenvalue weighted by molar-refractivity contribution is 0.0621. The minimum atomic E-state index is -0.0146. The van der Waals surface area contributed by atoms with Crippen LogP contribution < -0.4 is 4.90 Å². The Kier molecular flexibility index (Phi) is 6.36. The van der Waals surface area contributed by atoms with Crippen molar-refractivity contribution < 1.29 is 4.79 Å². The van der Waals surface area contributed by atoms with Crippen LogP contribution in [0.15, 0.2) is 42.5 Å². The average Bonchev–Trinajstić information content (AvgIpc) is 2.80. The molecule has 3 heterocycles. The van der Waals surface area contributed by atoms with Crippen molar-refractivity contribution in [3.63, 3.8) is 0 Å². The van der Waals surface area contributed by atoms with E-state index < -0.39 is 0 Å². The van der Waals surface area contributed by atoms with Gasteiger partial charge in [-0.2, -0.15) is 0 Å². The van der Waals surface area contributed by atoms with E-state index >= 15 is 0 Å². The predicted molar refractivity (Wildman–Crippen MR) is 114 cm³/mol. The molecule has 0 unspecified atom stereocenters. The summed E-state index contributed by atoms with van der Waals surface area (Å²) in [5.41, 5.74) is 1.76. The number of hydrogen-bond acceptors (Lipinski definition) is 6. The number of carbonyl (C=O) groups is 1. The molecule has 0 saturated carbocycles. The zero-order valence-electron chi connectivity index (χ0n) is 17.2. The van der Waals surface area contributed by atoms with Gasteiger partial charge in [0.25, 0.3) is 5.91 Å². The Labute approximate surface area is 172 Å². The number of nitrogens with zero attached hydrogens (tertiary/aromatic N) is 6. The molecule has 1 aromatic carbocycles. The largest absolute Gasteiger partial charge is 0.353 e. The monoisotopic (exact) mass is 394 g/mol. The zero-order chi connectivity index (χ0) is 20.1. The first-order valence-corrected chi connectivity index (χ1v) is 10.6. The lowest BCUT2D eigenvalue weighted by atomic mass is 10.2. The van der Waals surface area contributed by atoms with E-state index in [1.165, 1.54) is 5.56 Å². The second-order valence-electron chi connectivity index (χ2n) is 7.75. The maximum atomic E-state index is 12.8. The molecule has 0 bridgehead atoms. The zero-order valence-corrected chi connectivity index (χ0v) is 17.2. The number of carbonyl (C=O) groups excluding carboxylic acids is 1. The van der Waals surface area contributed by atoms with Gasteiger partial charge in [-0.3, -0.25) is 9.69 Å². The van der Waals surface area contributed by atoms with Crippen LogP contribution in [0.1, 0.15) is 23.0 Å². The lowest BCUT2D eigenvalue weighted by Gasteiger charge is -2.35. The Hall–Kier alpha value is -2.51. The third kappa shape index (κ3) is 4.92. The van der Waals surface area contributed by atoms with Crippen LogP contribution in [0.2, 0.25) is 0 Å². The number of hydrogen-bond donors (Lipinski definition) is 0. The van der Waals surface area contributed by atoms with E-state index in [1.54, 1.807) is 0 Å². The van der Waals surface area contributed by atoms with Crippen molar-refractivity contribution >= 4 is 11.7 Å². The maximum absolute atomic E-state index is 12.8. The Morgan fingerprint density at radius 2 is 1.52 bits per heavy atom. The smallest absolute Gasteiger partial charge is 0.274 e. The van der Waals surface area contributed by atoms with Crippen molar-refractivity contribution in [3.8, 4) is 0 Å². The minimum absolute atomic E-state index is 0.0146.